The molecule has 1 atom stereocenters. The molecule has 3 rings (SSSR count). The highest BCUT2D eigenvalue weighted by molar-refractivity contribution is 7.17. The Hall–Kier alpha value is -2.38. The Morgan fingerprint density at radius 2 is 2.22 bits per heavy atom. The van der Waals surface area contributed by atoms with Crippen molar-refractivity contribution in [2.75, 3.05) is 13.7 Å². The topological polar surface area (TPSA) is 84.9 Å². The van der Waals surface area contributed by atoms with Crippen LogP contribution < -0.4 is 10.1 Å². The normalized spacial score (nSPS) is 13.4. The number of thiophene rings is 1. The summed E-state index contributed by atoms with van der Waals surface area (Å²) in [6.07, 6.45) is 0. The second-order valence-corrected chi connectivity index (χ2v) is 6.12. The van der Waals surface area contributed by atoms with Crippen molar-refractivity contribution in [1.29, 1.82) is 0 Å². The monoisotopic (exact) mass is 333 g/mol. The van der Waals surface area contributed by atoms with Gasteiger partial charge in [-0.1, -0.05) is 12.1 Å². The number of carboxylic acid groups (broad SMARTS) is 1. The number of para-hydroxylation sites is 1. The maximum absolute atomic E-state index is 12.3. The standard InChI is InChI=1S/C16H15NO5S/c1-21-8-11(16(19)20)17-15(18)13-6-9-7-22-12-5-3-2-4-10(12)14(9)23-13/h2-6,11H,7-8H2,1H3,(H,17,18)(H,19,20). The molecular formula is C16H15NO5S. The van der Waals surface area contributed by atoms with Gasteiger partial charge in [-0.2, -0.15) is 0 Å². The van der Waals surface area contributed by atoms with E-state index in [1.807, 2.05) is 24.3 Å². The molecule has 7 heteroatoms. The minimum Gasteiger partial charge on any atom is -0.488 e. The molecule has 23 heavy (non-hydrogen) atoms. The fourth-order valence-corrected chi connectivity index (χ4v) is 3.48. The molecule has 2 N–H and O–H groups in total. The third kappa shape index (κ3) is 3.06. The second kappa shape index (κ2) is 6.39. The Morgan fingerprint density at radius 1 is 1.43 bits per heavy atom. The molecule has 0 saturated heterocycles. The number of aliphatic carboxylic acids is 1. The first kappa shape index (κ1) is 15.5. The number of methoxy groups -OCH3 is 1. The lowest BCUT2D eigenvalue weighted by atomic mass is 10.1. The van der Waals surface area contributed by atoms with Crippen LogP contribution in [0.5, 0.6) is 5.75 Å². The van der Waals surface area contributed by atoms with Crippen LogP contribution in [0, 0.1) is 0 Å². The van der Waals surface area contributed by atoms with Crippen molar-refractivity contribution >= 4 is 23.2 Å². The molecule has 2 heterocycles. The second-order valence-electron chi connectivity index (χ2n) is 5.07. The van der Waals surface area contributed by atoms with Gasteiger partial charge in [0.15, 0.2) is 6.04 Å². The van der Waals surface area contributed by atoms with Crippen molar-refractivity contribution in [3.8, 4) is 16.2 Å². The Balaban J connectivity index is 1.85. The highest BCUT2D eigenvalue weighted by atomic mass is 32.1. The summed E-state index contributed by atoms with van der Waals surface area (Å²) in [6.45, 7) is 0.314. The number of benzene rings is 1. The van der Waals surface area contributed by atoms with Crippen molar-refractivity contribution in [2.45, 2.75) is 12.6 Å². The van der Waals surface area contributed by atoms with Gasteiger partial charge in [0, 0.05) is 23.1 Å². The number of amides is 1. The molecule has 120 valence electrons. The number of ether oxygens (including phenoxy) is 2. The zero-order valence-electron chi connectivity index (χ0n) is 12.4. The summed E-state index contributed by atoms with van der Waals surface area (Å²) in [4.78, 5) is 24.8. The van der Waals surface area contributed by atoms with Crippen LogP contribution in [-0.4, -0.2) is 36.7 Å². The number of nitrogens with one attached hydrogen (secondary N) is 1. The van der Waals surface area contributed by atoms with E-state index in [2.05, 4.69) is 5.32 Å². The van der Waals surface area contributed by atoms with E-state index < -0.39 is 17.9 Å². The largest absolute Gasteiger partial charge is 0.488 e. The summed E-state index contributed by atoms with van der Waals surface area (Å²) >= 11 is 1.33. The third-order valence-corrected chi connectivity index (χ3v) is 4.69. The number of hydrogen-bond acceptors (Lipinski definition) is 5. The molecule has 1 amide bonds. The highest BCUT2D eigenvalue weighted by Crippen LogP contribution is 2.42. The lowest BCUT2D eigenvalue weighted by Crippen LogP contribution is -2.43. The molecule has 0 saturated carbocycles. The summed E-state index contributed by atoms with van der Waals surface area (Å²) in [5.41, 5.74) is 1.88. The molecule has 2 aromatic rings. The van der Waals surface area contributed by atoms with E-state index in [9.17, 15) is 9.59 Å². The van der Waals surface area contributed by atoms with Gasteiger partial charge in [0.25, 0.3) is 5.91 Å². The summed E-state index contributed by atoms with van der Waals surface area (Å²) in [5, 5.41) is 11.6. The van der Waals surface area contributed by atoms with E-state index in [0.717, 1.165) is 21.8 Å². The number of carbonyl (C=O) groups is 2. The maximum atomic E-state index is 12.3. The molecule has 1 unspecified atom stereocenters. The van der Waals surface area contributed by atoms with Gasteiger partial charge < -0.3 is 19.9 Å². The molecule has 0 aliphatic carbocycles. The smallest absolute Gasteiger partial charge is 0.328 e. The lowest BCUT2D eigenvalue weighted by molar-refractivity contribution is -0.140. The zero-order chi connectivity index (χ0) is 16.4. The van der Waals surface area contributed by atoms with Crippen LogP contribution in [0.4, 0.5) is 0 Å². The lowest BCUT2D eigenvalue weighted by Gasteiger charge is -2.16. The summed E-state index contributed by atoms with van der Waals surface area (Å²) in [6, 6.07) is 8.31. The van der Waals surface area contributed by atoms with Gasteiger partial charge in [-0.05, 0) is 18.2 Å². The first-order valence-electron chi connectivity index (χ1n) is 6.97. The Bertz CT molecular complexity index is 755. The van der Waals surface area contributed by atoms with Gasteiger partial charge in [0.2, 0.25) is 0 Å². The zero-order valence-corrected chi connectivity index (χ0v) is 13.2. The van der Waals surface area contributed by atoms with E-state index in [1.54, 1.807) is 6.07 Å². The Labute approximate surface area is 136 Å². The van der Waals surface area contributed by atoms with Gasteiger partial charge in [-0.15, -0.1) is 11.3 Å². The number of carbonyl (C=O) groups excluding carboxylic acids is 1. The van der Waals surface area contributed by atoms with Crippen molar-refractivity contribution in [2.24, 2.45) is 0 Å². The van der Waals surface area contributed by atoms with E-state index >= 15 is 0 Å². The summed E-state index contributed by atoms with van der Waals surface area (Å²) in [7, 11) is 1.39. The molecule has 6 nitrogen and oxygen atoms in total. The first-order valence-corrected chi connectivity index (χ1v) is 7.79. The van der Waals surface area contributed by atoms with Crippen LogP contribution in [0.2, 0.25) is 0 Å². The summed E-state index contributed by atoms with van der Waals surface area (Å²) in [5.74, 6) is -0.766. The number of carboxylic acids is 1. The van der Waals surface area contributed by atoms with Gasteiger partial charge >= 0.3 is 5.97 Å². The molecular weight excluding hydrogens is 318 g/mol. The van der Waals surface area contributed by atoms with Crippen LogP contribution in [0.15, 0.2) is 30.3 Å². The van der Waals surface area contributed by atoms with E-state index in [-0.39, 0.29) is 6.61 Å². The molecule has 1 aliphatic heterocycles. The van der Waals surface area contributed by atoms with Crippen molar-refractivity contribution in [3.05, 3.63) is 40.8 Å². The molecule has 0 fully saturated rings. The molecule has 1 aromatic carbocycles. The van der Waals surface area contributed by atoms with Crippen LogP contribution in [0.25, 0.3) is 10.4 Å². The first-order chi connectivity index (χ1) is 11.1. The molecule has 1 aromatic heterocycles. The van der Waals surface area contributed by atoms with Crippen LogP contribution in [0.1, 0.15) is 15.2 Å². The quantitative estimate of drug-likeness (QED) is 0.876. The van der Waals surface area contributed by atoms with Crippen molar-refractivity contribution in [3.63, 3.8) is 0 Å². The van der Waals surface area contributed by atoms with Crippen LogP contribution in [-0.2, 0) is 16.1 Å². The van der Waals surface area contributed by atoms with Gasteiger partial charge in [-0.25, -0.2) is 4.79 Å². The van der Waals surface area contributed by atoms with Crippen LogP contribution >= 0.6 is 11.3 Å². The van der Waals surface area contributed by atoms with Gasteiger partial charge in [-0.3, -0.25) is 4.79 Å². The molecule has 1 aliphatic rings. The van der Waals surface area contributed by atoms with E-state index in [4.69, 9.17) is 14.6 Å². The minimum atomic E-state index is -1.13. The number of fused-ring (bicyclic) bond motifs is 3. The van der Waals surface area contributed by atoms with E-state index in [1.165, 1.54) is 18.4 Å². The van der Waals surface area contributed by atoms with Crippen LogP contribution in [0.3, 0.4) is 0 Å². The average Bonchev–Trinajstić information content (AvgIpc) is 2.99. The summed E-state index contributed by atoms with van der Waals surface area (Å²) < 4.78 is 10.5. The molecule has 0 spiro atoms. The van der Waals surface area contributed by atoms with Crippen molar-refractivity contribution < 1.29 is 24.2 Å². The number of hydrogen-bond donors (Lipinski definition) is 2. The third-order valence-electron chi connectivity index (χ3n) is 3.48. The number of rotatable bonds is 5. The molecule has 0 radical (unpaired) electrons. The fraction of sp³-hybridized carbons (Fsp3) is 0.250. The predicted molar refractivity (Wildman–Crippen MR) is 84.9 cm³/mol. The maximum Gasteiger partial charge on any atom is 0.328 e. The van der Waals surface area contributed by atoms with Crippen molar-refractivity contribution in [1.82, 2.24) is 5.32 Å². The van der Waals surface area contributed by atoms with E-state index in [0.29, 0.717) is 11.5 Å². The Kier molecular flexibility index (Phi) is 4.31. The molecule has 0 bridgehead atoms. The van der Waals surface area contributed by atoms with Gasteiger partial charge in [0.05, 0.1) is 11.5 Å². The predicted octanol–water partition coefficient (Wildman–Crippen LogP) is 2.14. The SMILES string of the molecule is COCC(NC(=O)c1cc2c(s1)-c1ccccc1OC2)C(=O)O. The highest BCUT2D eigenvalue weighted by Gasteiger charge is 2.25. The average molecular weight is 333 g/mol. The van der Waals surface area contributed by atoms with Gasteiger partial charge in [0.1, 0.15) is 12.4 Å². The fourth-order valence-electron chi connectivity index (χ4n) is 2.38. The Morgan fingerprint density at radius 3 is 2.96 bits per heavy atom. The minimum absolute atomic E-state index is 0.0852.